The van der Waals surface area contributed by atoms with Crippen molar-refractivity contribution in [1.82, 2.24) is 9.97 Å². The molecule has 2 N–H and O–H groups in total. The lowest BCUT2D eigenvalue weighted by molar-refractivity contribution is 0.198. The van der Waals surface area contributed by atoms with Crippen molar-refractivity contribution >= 4 is 11.6 Å². The topological polar surface area (TPSA) is 61.3 Å². The molecular formula is C15H26N4O. The Kier molecular flexibility index (Phi) is 5.17. The molecular weight excluding hydrogens is 252 g/mol. The lowest BCUT2D eigenvalue weighted by Gasteiger charge is -2.21. The smallest absolute Gasteiger partial charge is 0.137 e. The maximum atomic E-state index is 9.73. The molecule has 1 unspecified atom stereocenters. The van der Waals surface area contributed by atoms with E-state index in [2.05, 4.69) is 36.0 Å². The molecule has 0 radical (unpaired) electrons. The molecule has 2 heterocycles. The summed E-state index contributed by atoms with van der Waals surface area (Å²) in [6.45, 7) is 8.82. The Hall–Kier alpha value is -1.36. The van der Waals surface area contributed by atoms with Crippen molar-refractivity contribution in [3.8, 4) is 0 Å². The Morgan fingerprint density at radius 3 is 2.70 bits per heavy atom. The SMILES string of the molecule is CCCNc1nc(CCC)nc(N2CCC(O)C2)c1C. The third-order valence-electron chi connectivity index (χ3n) is 3.65. The van der Waals surface area contributed by atoms with Crippen molar-refractivity contribution in [2.45, 2.75) is 52.6 Å². The molecule has 5 nitrogen and oxygen atoms in total. The van der Waals surface area contributed by atoms with Crippen molar-refractivity contribution < 1.29 is 5.11 Å². The first kappa shape index (κ1) is 15.0. The van der Waals surface area contributed by atoms with Gasteiger partial charge < -0.3 is 15.3 Å². The highest BCUT2D eigenvalue weighted by Crippen LogP contribution is 2.27. The Labute approximate surface area is 121 Å². The molecule has 2 rings (SSSR count). The highest BCUT2D eigenvalue weighted by Gasteiger charge is 2.24. The summed E-state index contributed by atoms with van der Waals surface area (Å²) in [5.74, 6) is 2.83. The van der Waals surface area contributed by atoms with Gasteiger partial charge in [0.1, 0.15) is 17.5 Å². The molecule has 1 aromatic heterocycles. The summed E-state index contributed by atoms with van der Waals surface area (Å²) in [7, 11) is 0. The third kappa shape index (κ3) is 3.39. The second kappa shape index (κ2) is 6.88. The lowest BCUT2D eigenvalue weighted by Crippen LogP contribution is -2.24. The number of β-amino-alcohol motifs (C(OH)–C–C–N with tert-alkyl or cyclic N) is 1. The molecule has 1 aromatic rings. The molecule has 1 saturated heterocycles. The van der Waals surface area contributed by atoms with E-state index in [-0.39, 0.29) is 6.10 Å². The van der Waals surface area contributed by atoms with E-state index in [1.54, 1.807) is 0 Å². The summed E-state index contributed by atoms with van der Waals surface area (Å²) in [5.41, 5.74) is 1.09. The van der Waals surface area contributed by atoms with Gasteiger partial charge in [0.15, 0.2) is 0 Å². The summed E-state index contributed by atoms with van der Waals surface area (Å²) >= 11 is 0. The summed E-state index contributed by atoms with van der Waals surface area (Å²) in [4.78, 5) is 11.5. The van der Waals surface area contributed by atoms with Gasteiger partial charge in [0.2, 0.25) is 0 Å². The molecule has 20 heavy (non-hydrogen) atoms. The number of nitrogens with zero attached hydrogens (tertiary/aromatic N) is 3. The number of anilines is 2. The van der Waals surface area contributed by atoms with Crippen LogP contribution in [-0.4, -0.2) is 40.8 Å². The largest absolute Gasteiger partial charge is 0.391 e. The second-order valence-electron chi connectivity index (χ2n) is 5.50. The summed E-state index contributed by atoms with van der Waals surface area (Å²) < 4.78 is 0. The highest BCUT2D eigenvalue weighted by molar-refractivity contribution is 5.59. The minimum Gasteiger partial charge on any atom is -0.391 e. The first-order chi connectivity index (χ1) is 9.65. The van der Waals surface area contributed by atoms with Gasteiger partial charge in [0, 0.05) is 31.6 Å². The van der Waals surface area contributed by atoms with Gasteiger partial charge in [-0.1, -0.05) is 13.8 Å². The number of rotatable bonds is 6. The predicted octanol–water partition coefficient (Wildman–Crippen LogP) is 2.13. The molecule has 5 heteroatoms. The Balaban J connectivity index is 2.30. The molecule has 0 aliphatic carbocycles. The Morgan fingerprint density at radius 1 is 1.30 bits per heavy atom. The minimum atomic E-state index is -0.231. The van der Waals surface area contributed by atoms with E-state index in [1.807, 2.05) is 0 Å². The maximum absolute atomic E-state index is 9.73. The van der Waals surface area contributed by atoms with Crippen LogP contribution in [0.5, 0.6) is 0 Å². The van der Waals surface area contributed by atoms with E-state index in [0.29, 0.717) is 6.54 Å². The van der Waals surface area contributed by atoms with E-state index in [0.717, 1.165) is 61.8 Å². The normalized spacial score (nSPS) is 18.6. The van der Waals surface area contributed by atoms with E-state index in [4.69, 9.17) is 4.98 Å². The van der Waals surface area contributed by atoms with Crippen LogP contribution in [0.4, 0.5) is 11.6 Å². The van der Waals surface area contributed by atoms with Crippen LogP contribution in [0, 0.1) is 6.92 Å². The summed E-state index contributed by atoms with van der Waals surface area (Å²) in [6, 6.07) is 0. The standard InChI is InChI=1S/C15H26N4O/c1-4-6-13-17-14(16-8-5-2)11(3)15(18-13)19-9-7-12(20)10-19/h12,20H,4-10H2,1-3H3,(H,16,17,18). The summed E-state index contributed by atoms with van der Waals surface area (Å²) in [5, 5.41) is 13.1. The van der Waals surface area contributed by atoms with Crippen LogP contribution < -0.4 is 10.2 Å². The lowest BCUT2D eigenvalue weighted by atomic mass is 10.2. The molecule has 1 fully saturated rings. The van der Waals surface area contributed by atoms with Gasteiger partial charge in [0.25, 0.3) is 0 Å². The number of aromatic nitrogens is 2. The number of nitrogens with one attached hydrogen (secondary N) is 1. The number of aliphatic hydroxyl groups is 1. The fourth-order valence-corrected chi connectivity index (χ4v) is 2.54. The minimum absolute atomic E-state index is 0.231. The molecule has 0 spiro atoms. The quantitative estimate of drug-likeness (QED) is 0.834. The second-order valence-corrected chi connectivity index (χ2v) is 5.50. The Morgan fingerprint density at radius 2 is 2.10 bits per heavy atom. The molecule has 0 amide bonds. The van der Waals surface area contributed by atoms with Crippen LogP contribution in [0.1, 0.15) is 44.5 Å². The zero-order chi connectivity index (χ0) is 14.5. The number of hydrogen-bond acceptors (Lipinski definition) is 5. The van der Waals surface area contributed by atoms with E-state index in [1.165, 1.54) is 0 Å². The van der Waals surface area contributed by atoms with Crippen molar-refractivity contribution in [2.24, 2.45) is 0 Å². The van der Waals surface area contributed by atoms with Gasteiger partial charge in [-0.05, 0) is 26.2 Å². The summed E-state index contributed by atoms with van der Waals surface area (Å²) in [6.07, 6.45) is 3.60. The molecule has 1 aliphatic rings. The number of aryl methyl sites for hydroxylation is 1. The van der Waals surface area contributed by atoms with Crippen molar-refractivity contribution in [3.05, 3.63) is 11.4 Å². The van der Waals surface area contributed by atoms with E-state index < -0.39 is 0 Å². The number of hydrogen-bond donors (Lipinski definition) is 2. The third-order valence-corrected chi connectivity index (χ3v) is 3.65. The van der Waals surface area contributed by atoms with Crippen LogP contribution in [0.15, 0.2) is 0 Å². The van der Waals surface area contributed by atoms with Crippen LogP contribution in [0.25, 0.3) is 0 Å². The van der Waals surface area contributed by atoms with Crippen molar-refractivity contribution in [3.63, 3.8) is 0 Å². The first-order valence-electron chi connectivity index (χ1n) is 7.70. The fraction of sp³-hybridized carbons (Fsp3) is 0.733. The maximum Gasteiger partial charge on any atom is 0.137 e. The average Bonchev–Trinajstić information content (AvgIpc) is 2.85. The van der Waals surface area contributed by atoms with E-state index >= 15 is 0 Å². The van der Waals surface area contributed by atoms with Gasteiger partial charge in [-0.25, -0.2) is 9.97 Å². The zero-order valence-corrected chi connectivity index (χ0v) is 12.8. The molecule has 112 valence electrons. The average molecular weight is 278 g/mol. The first-order valence-corrected chi connectivity index (χ1v) is 7.70. The monoisotopic (exact) mass is 278 g/mol. The van der Waals surface area contributed by atoms with Gasteiger partial charge >= 0.3 is 0 Å². The van der Waals surface area contributed by atoms with Crippen LogP contribution in [0.3, 0.4) is 0 Å². The highest BCUT2D eigenvalue weighted by atomic mass is 16.3. The molecule has 0 saturated carbocycles. The number of aliphatic hydroxyl groups excluding tert-OH is 1. The van der Waals surface area contributed by atoms with Crippen LogP contribution in [-0.2, 0) is 6.42 Å². The Bertz CT molecular complexity index is 450. The van der Waals surface area contributed by atoms with Crippen LogP contribution in [0.2, 0.25) is 0 Å². The fourth-order valence-electron chi connectivity index (χ4n) is 2.54. The molecule has 1 aliphatic heterocycles. The van der Waals surface area contributed by atoms with Gasteiger partial charge in [-0.2, -0.15) is 0 Å². The molecule has 0 bridgehead atoms. The zero-order valence-electron chi connectivity index (χ0n) is 12.8. The van der Waals surface area contributed by atoms with E-state index in [9.17, 15) is 5.11 Å². The van der Waals surface area contributed by atoms with Gasteiger partial charge in [-0.3, -0.25) is 0 Å². The van der Waals surface area contributed by atoms with Crippen LogP contribution >= 0.6 is 0 Å². The van der Waals surface area contributed by atoms with Crippen molar-refractivity contribution in [1.29, 1.82) is 0 Å². The van der Waals surface area contributed by atoms with Crippen molar-refractivity contribution in [2.75, 3.05) is 29.9 Å². The predicted molar refractivity (Wildman–Crippen MR) is 82.4 cm³/mol. The molecule has 1 atom stereocenters. The molecule has 0 aromatic carbocycles. The van der Waals surface area contributed by atoms with Gasteiger partial charge in [0.05, 0.1) is 6.10 Å². The van der Waals surface area contributed by atoms with Gasteiger partial charge in [-0.15, -0.1) is 0 Å².